The van der Waals surface area contributed by atoms with Crippen LogP contribution in [0.5, 0.6) is 11.5 Å². The second-order valence-electron chi connectivity index (χ2n) is 10.3. The Balaban J connectivity index is 1.39. The number of benzene rings is 2. The van der Waals surface area contributed by atoms with Gasteiger partial charge in [-0.05, 0) is 60.9 Å². The number of allylic oxidation sites excluding steroid dienone is 1. The van der Waals surface area contributed by atoms with Crippen molar-refractivity contribution in [1.82, 2.24) is 0 Å². The second kappa shape index (κ2) is 10.2. The van der Waals surface area contributed by atoms with Crippen LogP contribution in [-0.2, 0) is 27.2 Å². The highest BCUT2D eigenvalue weighted by molar-refractivity contribution is 6.12. The quantitative estimate of drug-likeness (QED) is 0.358. The summed E-state index contributed by atoms with van der Waals surface area (Å²) >= 11 is 0. The zero-order chi connectivity index (χ0) is 25.2. The lowest BCUT2D eigenvalue weighted by Crippen LogP contribution is -2.28. The molecule has 4 rings (SSSR count). The maximum Gasteiger partial charge on any atom is 0.160 e. The Kier molecular flexibility index (Phi) is 7.25. The van der Waals surface area contributed by atoms with Crippen molar-refractivity contribution in [2.45, 2.75) is 57.8 Å². The first-order valence-corrected chi connectivity index (χ1v) is 12.3. The molecule has 2 aromatic carbocycles. The second-order valence-corrected chi connectivity index (χ2v) is 10.3. The fourth-order valence-corrected chi connectivity index (χ4v) is 5.64. The van der Waals surface area contributed by atoms with E-state index in [0.717, 1.165) is 35.1 Å². The Morgan fingerprint density at radius 3 is 2.29 bits per heavy atom. The molecule has 0 aromatic heterocycles. The van der Waals surface area contributed by atoms with E-state index in [1.807, 2.05) is 49.4 Å². The number of carbonyl (C=O) groups excluding carboxylic acids is 3. The van der Waals surface area contributed by atoms with Gasteiger partial charge < -0.3 is 9.47 Å². The first-order valence-electron chi connectivity index (χ1n) is 12.3. The zero-order valence-corrected chi connectivity index (χ0v) is 20.9. The minimum Gasteiger partial charge on any atom is -0.493 e. The lowest BCUT2D eigenvalue weighted by Gasteiger charge is -2.22. The Labute approximate surface area is 207 Å². The monoisotopic (exact) mass is 474 g/mol. The molecule has 2 aliphatic carbocycles. The van der Waals surface area contributed by atoms with Crippen LogP contribution in [0.3, 0.4) is 0 Å². The number of methoxy groups -OCH3 is 2. The molecule has 0 heterocycles. The van der Waals surface area contributed by atoms with Gasteiger partial charge in [-0.1, -0.05) is 49.4 Å². The Hall–Kier alpha value is -3.21. The maximum atomic E-state index is 13.4. The van der Waals surface area contributed by atoms with Gasteiger partial charge in [0.2, 0.25) is 0 Å². The molecule has 2 aliphatic rings. The van der Waals surface area contributed by atoms with E-state index in [0.29, 0.717) is 43.0 Å². The molecular formula is C30H34O5. The van der Waals surface area contributed by atoms with Crippen LogP contribution in [-0.4, -0.2) is 31.6 Å². The van der Waals surface area contributed by atoms with Crippen LogP contribution < -0.4 is 9.47 Å². The first-order chi connectivity index (χ1) is 16.7. The van der Waals surface area contributed by atoms with E-state index in [9.17, 15) is 14.4 Å². The highest BCUT2D eigenvalue weighted by Crippen LogP contribution is 2.42. The Morgan fingerprint density at radius 1 is 0.971 bits per heavy atom. The van der Waals surface area contributed by atoms with Gasteiger partial charge in [0.05, 0.1) is 20.1 Å². The van der Waals surface area contributed by atoms with Crippen molar-refractivity contribution in [3.8, 4) is 11.5 Å². The standard InChI is InChI=1S/C30H34O5/c1-19(14-20-8-11-22(12-9-20)23-6-5-7-25(23)31)15-24-26(32)18-30(2,29(24)33)17-21-10-13-27(34-3)28(16-21)35-4/h8-13,16,23-24H,1,5-7,14-15,17-18H2,2-4H3/t23?,24?,30-/m0/s1. The number of ketones is 3. The SMILES string of the molecule is C=C(Cc1ccc(C2CCCC2=O)cc1)CC1C(=O)C[C@](C)(Cc2ccc(OC)c(OC)c2)C1=O. The zero-order valence-electron chi connectivity index (χ0n) is 20.9. The summed E-state index contributed by atoms with van der Waals surface area (Å²) in [5.74, 6) is 0.956. The fourth-order valence-electron chi connectivity index (χ4n) is 5.64. The third kappa shape index (κ3) is 5.24. The summed E-state index contributed by atoms with van der Waals surface area (Å²) in [5.41, 5.74) is 3.23. The number of ether oxygens (including phenoxy) is 2. The Bertz CT molecular complexity index is 1150. The first kappa shape index (κ1) is 24.9. The van der Waals surface area contributed by atoms with Crippen LogP contribution in [0.25, 0.3) is 0 Å². The molecule has 2 fully saturated rings. The summed E-state index contributed by atoms with van der Waals surface area (Å²) in [4.78, 5) is 38.3. The molecule has 2 unspecified atom stereocenters. The molecule has 3 atom stereocenters. The van der Waals surface area contributed by atoms with E-state index in [4.69, 9.17) is 9.47 Å². The predicted molar refractivity (Wildman–Crippen MR) is 135 cm³/mol. The average molecular weight is 475 g/mol. The summed E-state index contributed by atoms with van der Waals surface area (Å²) in [6, 6.07) is 13.7. The molecule has 184 valence electrons. The molecule has 5 heteroatoms. The number of rotatable bonds is 9. The maximum absolute atomic E-state index is 13.4. The summed E-state index contributed by atoms with van der Waals surface area (Å²) in [6.45, 7) is 6.06. The molecule has 0 spiro atoms. The minimum atomic E-state index is -0.739. The highest BCUT2D eigenvalue weighted by atomic mass is 16.5. The summed E-state index contributed by atoms with van der Waals surface area (Å²) in [5, 5.41) is 0. The number of hydrogen-bond acceptors (Lipinski definition) is 5. The van der Waals surface area contributed by atoms with Crippen molar-refractivity contribution in [3.05, 3.63) is 71.3 Å². The molecule has 0 bridgehead atoms. The van der Waals surface area contributed by atoms with E-state index < -0.39 is 11.3 Å². The number of carbonyl (C=O) groups is 3. The van der Waals surface area contributed by atoms with Crippen molar-refractivity contribution in [3.63, 3.8) is 0 Å². The number of hydrogen-bond donors (Lipinski definition) is 0. The van der Waals surface area contributed by atoms with Crippen LogP contribution in [0.2, 0.25) is 0 Å². The lowest BCUT2D eigenvalue weighted by molar-refractivity contribution is -0.130. The van der Waals surface area contributed by atoms with Crippen LogP contribution >= 0.6 is 0 Å². The third-order valence-corrected chi connectivity index (χ3v) is 7.54. The van der Waals surface area contributed by atoms with Gasteiger partial charge in [-0.2, -0.15) is 0 Å². The van der Waals surface area contributed by atoms with Crippen molar-refractivity contribution < 1.29 is 23.9 Å². The van der Waals surface area contributed by atoms with Crippen molar-refractivity contribution in [2.24, 2.45) is 11.3 Å². The van der Waals surface area contributed by atoms with Gasteiger partial charge >= 0.3 is 0 Å². The van der Waals surface area contributed by atoms with Gasteiger partial charge in [-0.25, -0.2) is 0 Å². The van der Waals surface area contributed by atoms with E-state index in [2.05, 4.69) is 6.58 Å². The molecular weight excluding hydrogens is 440 g/mol. The normalized spacial score (nSPS) is 24.1. The largest absolute Gasteiger partial charge is 0.493 e. The summed E-state index contributed by atoms with van der Waals surface area (Å²) in [6.07, 6.45) is 4.28. The van der Waals surface area contributed by atoms with E-state index in [1.54, 1.807) is 14.2 Å². The van der Waals surface area contributed by atoms with Crippen LogP contribution in [0.1, 0.15) is 61.6 Å². The molecule has 0 N–H and O–H groups in total. The molecule has 2 saturated carbocycles. The third-order valence-electron chi connectivity index (χ3n) is 7.54. The molecule has 0 saturated heterocycles. The fraction of sp³-hybridized carbons (Fsp3) is 0.433. The van der Waals surface area contributed by atoms with E-state index in [-0.39, 0.29) is 23.9 Å². The summed E-state index contributed by atoms with van der Waals surface area (Å²) < 4.78 is 10.7. The van der Waals surface area contributed by atoms with Crippen LogP contribution in [0, 0.1) is 11.3 Å². The smallest absolute Gasteiger partial charge is 0.160 e. The van der Waals surface area contributed by atoms with Gasteiger partial charge in [-0.3, -0.25) is 14.4 Å². The molecule has 2 aromatic rings. The molecule has 0 amide bonds. The van der Waals surface area contributed by atoms with Gasteiger partial charge in [0.25, 0.3) is 0 Å². The summed E-state index contributed by atoms with van der Waals surface area (Å²) in [7, 11) is 3.16. The van der Waals surface area contributed by atoms with E-state index >= 15 is 0 Å². The van der Waals surface area contributed by atoms with Gasteiger partial charge in [-0.15, -0.1) is 0 Å². The average Bonchev–Trinajstić information content (AvgIpc) is 3.35. The lowest BCUT2D eigenvalue weighted by atomic mass is 9.79. The van der Waals surface area contributed by atoms with E-state index in [1.165, 1.54) is 0 Å². The predicted octanol–water partition coefficient (Wildman–Crippen LogP) is 5.44. The molecule has 0 aliphatic heterocycles. The number of Topliss-reactive ketones (excluding diaryl/α,β-unsaturated/α-hetero) is 3. The molecule has 35 heavy (non-hydrogen) atoms. The van der Waals surface area contributed by atoms with Crippen molar-refractivity contribution >= 4 is 17.3 Å². The Morgan fingerprint density at radius 2 is 1.66 bits per heavy atom. The van der Waals surface area contributed by atoms with Gasteiger partial charge in [0.15, 0.2) is 11.5 Å². The molecule has 0 radical (unpaired) electrons. The highest BCUT2D eigenvalue weighted by Gasteiger charge is 2.49. The molecule has 5 nitrogen and oxygen atoms in total. The van der Waals surface area contributed by atoms with Crippen molar-refractivity contribution in [1.29, 1.82) is 0 Å². The van der Waals surface area contributed by atoms with Crippen LogP contribution in [0.4, 0.5) is 0 Å². The minimum absolute atomic E-state index is 0.00535. The van der Waals surface area contributed by atoms with Crippen molar-refractivity contribution in [2.75, 3.05) is 14.2 Å². The topological polar surface area (TPSA) is 69.7 Å². The van der Waals surface area contributed by atoms with Gasteiger partial charge in [0, 0.05) is 24.2 Å². The van der Waals surface area contributed by atoms with Gasteiger partial charge in [0.1, 0.15) is 17.3 Å². The van der Waals surface area contributed by atoms with Crippen LogP contribution in [0.15, 0.2) is 54.6 Å².